The van der Waals surface area contributed by atoms with Gasteiger partial charge in [-0.05, 0) is 41.7 Å². The van der Waals surface area contributed by atoms with Gasteiger partial charge in [-0.25, -0.2) is 0 Å². The molecule has 0 radical (unpaired) electrons. The van der Waals surface area contributed by atoms with Gasteiger partial charge in [0.25, 0.3) is 0 Å². The minimum Gasteiger partial charge on any atom is -0.326 e. The first-order chi connectivity index (χ1) is 14.7. The van der Waals surface area contributed by atoms with Crippen LogP contribution in [0.2, 0.25) is 0 Å². The predicted molar refractivity (Wildman–Crippen MR) is 121 cm³/mol. The van der Waals surface area contributed by atoms with Gasteiger partial charge in [-0.15, -0.1) is 0 Å². The monoisotopic (exact) mass is 400 g/mol. The number of carbonyl (C=O) groups excluding carboxylic acids is 2. The van der Waals surface area contributed by atoms with Gasteiger partial charge in [-0.3, -0.25) is 9.59 Å². The molecule has 3 aromatic carbocycles. The van der Waals surface area contributed by atoms with Crippen molar-refractivity contribution in [2.24, 2.45) is 0 Å². The van der Waals surface area contributed by atoms with E-state index in [4.69, 9.17) is 0 Å². The first kappa shape index (κ1) is 21.3. The van der Waals surface area contributed by atoms with Gasteiger partial charge < -0.3 is 10.2 Å². The van der Waals surface area contributed by atoms with Crippen LogP contribution in [-0.2, 0) is 29.1 Å². The van der Waals surface area contributed by atoms with Crippen LogP contribution in [0, 0.1) is 0 Å². The molecule has 3 aromatic rings. The normalized spacial score (nSPS) is 10.4. The third kappa shape index (κ3) is 6.31. The number of benzene rings is 3. The highest BCUT2D eigenvalue weighted by atomic mass is 16.2. The number of anilines is 1. The smallest absolute Gasteiger partial charge is 0.313 e. The summed E-state index contributed by atoms with van der Waals surface area (Å²) in [5.74, 6) is -1.17. The number of rotatable bonds is 8. The molecule has 3 rings (SSSR count). The van der Waals surface area contributed by atoms with Crippen LogP contribution in [-0.4, -0.2) is 16.7 Å². The molecule has 0 aliphatic rings. The Bertz CT molecular complexity index is 896. The average molecular weight is 401 g/mol. The number of hydrogen-bond donors (Lipinski definition) is 1. The molecule has 0 fully saturated rings. The molecule has 0 aromatic heterocycles. The molecule has 2 amide bonds. The summed E-state index contributed by atoms with van der Waals surface area (Å²) in [4.78, 5) is 27.2. The number of unbranched alkanes of at least 4 members (excludes halogenated alkanes) is 1. The molecule has 1 N–H and O–H groups in total. The van der Waals surface area contributed by atoms with E-state index in [-0.39, 0.29) is 0 Å². The van der Waals surface area contributed by atoms with E-state index < -0.39 is 11.8 Å². The van der Waals surface area contributed by atoms with Crippen molar-refractivity contribution in [1.29, 1.82) is 0 Å². The lowest BCUT2D eigenvalue weighted by atomic mass is 10.1. The quantitative estimate of drug-likeness (QED) is 0.529. The van der Waals surface area contributed by atoms with E-state index in [0.29, 0.717) is 18.8 Å². The fourth-order valence-electron chi connectivity index (χ4n) is 3.27. The van der Waals surface area contributed by atoms with Gasteiger partial charge in [-0.2, -0.15) is 0 Å². The van der Waals surface area contributed by atoms with Crippen molar-refractivity contribution in [1.82, 2.24) is 4.90 Å². The number of carbonyl (C=O) groups is 2. The maximum Gasteiger partial charge on any atom is 0.313 e. The Morgan fingerprint density at radius 1 is 0.733 bits per heavy atom. The van der Waals surface area contributed by atoms with Gasteiger partial charge in [-0.1, -0.05) is 86.1 Å². The number of nitrogens with zero attached hydrogens (tertiary/aromatic N) is 1. The predicted octanol–water partition coefficient (Wildman–Crippen LogP) is 5.20. The molecule has 30 heavy (non-hydrogen) atoms. The van der Waals surface area contributed by atoms with Crippen molar-refractivity contribution in [2.45, 2.75) is 39.3 Å². The number of amides is 2. The van der Waals surface area contributed by atoms with Crippen LogP contribution < -0.4 is 5.32 Å². The van der Waals surface area contributed by atoms with Crippen LogP contribution in [0.15, 0.2) is 84.9 Å². The number of aryl methyl sites for hydroxylation is 1. The minimum absolute atomic E-state index is 0.373. The summed E-state index contributed by atoms with van der Waals surface area (Å²) in [5.41, 5.74) is 3.83. The Hall–Kier alpha value is -3.40. The molecular formula is C26H28N2O2. The van der Waals surface area contributed by atoms with E-state index in [1.807, 2.05) is 84.9 Å². The second kappa shape index (κ2) is 11.0. The summed E-state index contributed by atoms with van der Waals surface area (Å²) < 4.78 is 0. The van der Waals surface area contributed by atoms with Crippen molar-refractivity contribution in [3.63, 3.8) is 0 Å². The molecular weight excluding hydrogens is 372 g/mol. The maximum absolute atomic E-state index is 13.0. The van der Waals surface area contributed by atoms with Crippen LogP contribution in [0.5, 0.6) is 0 Å². The topological polar surface area (TPSA) is 49.4 Å². The first-order valence-corrected chi connectivity index (χ1v) is 10.4. The van der Waals surface area contributed by atoms with E-state index in [2.05, 4.69) is 12.2 Å². The summed E-state index contributed by atoms with van der Waals surface area (Å²) in [6.45, 7) is 2.91. The third-order valence-electron chi connectivity index (χ3n) is 4.94. The van der Waals surface area contributed by atoms with Gasteiger partial charge in [0.15, 0.2) is 0 Å². The Kier molecular flexibility index (Phi) is 7.78. The zero-order valence-electron chi connectivity index (χ0n) is 17.4. The molecule has 0 aliphatic heterocycles. The maximum atomic E-state index is 13.0. The Balaban J connectivity index is 1.70. The van der Waals surface area contributed by atoms with E-state index >= 15 is 0 Å². The third-order valence-corrected chi connectivity index (χ3v) is 4.94. The lowest BCUT2D eigenvalue weighted by molar-refractivity contribution is -0.144. The highest BCUT2D eigenvalue weighted by Crippen LogP contribution is 2.14. The Morgan fingerprint density at radius 3 is 1.77 bits per heavy atom. The van der Waals surface area contributed by atoms with Gasteiger partial charge in [0.1, 0.15) is 0 Å². The zero-order chi connectivity index (χ0) is 21.2. The van der Waals surface area contributed by atoms with Crippen LogP contribution in [0.4, 0.5) is 5.69 Å². The highest BCUT2D eigenvalue weighted by Gasteiger charge is 2.22. The van der Waals surface area contributed by atoms with E-state index in [9.17, 15) is 9.59 Å². The molecule has 0 aliphatic carbocycles. The van der Waals surface area contributed by atoms with E-state index in [1.54, 1.807) is 4.90 Å². The molecule has 0 saturated heterocycles. The molecule has 0 bridgehead atoms. The standard InChI is InChI=1S/C26H28N2O2/c1-2-3-10-21-15-17-24(18-16-21)27-25(29)26(30)28(19-22-11-6-4-7-12-22)20-23-13-8-5-9-14-23/h4-9,11-18H,2-3,10,19-20H2,1H3,(H,27,29). The summed E-state index contributed by atoms with van der Waals surface area (Å²) in [6.07, 6.45) is 3.30. The fraction of sp³-hybridized carbons (Fsp3) is 0.231. The Labute approximate surface area is 178 Å². The van der Waals surface area contributed by atoms with Crippen LogP contribution in [0.1, 0.15) is 36.5 Å². The molecule has 0 atom stereocenters. The highest BCUT2D eigenvalue weighted by molar-refractivity contribution is 6.39. The summed E-state index contributed by atoms with van der Waals surface area (Å²) in [5, 5.41) is 2.75. The van der Waals surface area contributed by atoms with Crippen LogP contribution >= 0.6 is 0 Å². The van der Waals surface area contributed by atoms with Crippen molar-refractivity contribution in [2.75, 3.05) is 5.32 Å². The van der Waals surface area contributed by atoms with Crippen molar-refractivity contribution < 1.29 is 9.59 Å². The zero-order valence-corrected chi connectivity index (χ0v) is 17.4. The van der Waals surface area contributed by atoms with Gasteiger partial charge in [0, 0.05) is 18.8 Å². The molecule has 0 unspecified atom stereocenters. The summed E-state index contributed by atoms with van der Waals surface area (Å²) in [6, 6.07) is 27.1. The van der Waals surface area contributed by atoms with Crippen LogP contribution in [0.25, 0.3) is 0 Å². The molecule has 0 heterocycles. The molecule has 0 spiro atoms. The second-order valence-corrected chi connectivity index (χ2v) is 7.39. The van der Waals surface area contributed by atoms with Gasteiger partial charge in [0.05, 0.1) is 0 Å². The molecule has 154 valence electrons. The lowest BCUT2D eigenvalue weighted by Gasteiger charge is -2.22. The SMILES string of the molecule is CCCCc1ccc(NC(=O)C(=O)N(Cc2ccccc2)Cc2ccccc2)cc1. The van der Waals surface area contributed by atoms with Gasteiger partial charge >= 0.3 is 11.8 Å². The fourth-order valence-corrected chi connectivity index (χ4v) is 3.27. The number of hydrogen-bond acceptors (Lipinski definition) is 2. The van der Waals surface area contributed by atoms with Crippen molar-refractivity contribution >= 4 is 17.5 Å². The summed E-state index contributed by atoms with van der Waals surface area (Å²) in [7, 11) is 0. The molecule has 0 saturated carbocycles. The second-order valence-electron chi connectivity index (χ2n) is 7.39. The van der Waals surface area contributed by atoms with Crippen molar-refractivity contribution in [3.05, 3.63) is 102 Å². The largest absolute Gasteiger partial charge is 0.326 e. The molecule has 4 nitrogen and oxygen atoms in total. The lowest BCUT2D eigenvalue weighted by Crippen LogP contribution is -2.38. The Morgan fingerprint density at radius 2 is 1.27 bits per heavy atom. The van der Waals surface area contributed by atoms with Crippen LogP contribution in [0.3, 0.4) is 0 Å². The van der Waals surface area contributed by atoms with Crippen molar-refractivity contribution in [3.8, 4) is 0 Å². The first-order valence-electron chi connectivity index (χ1n) is 10.4. The van der Waals surface area contributed by atoms with E-state index in [1.165, 1.54) is 5.56 Å². The summed E-state index contributed by atoms with van der Waals surface area (Å²) >= 11 is 0. The molecule has 4 heteroatoms. The minimum atomic E-state index is -0.622. The number of nitrogens with one attached hydrogen (secondary N) is 1. The average Bonchev–Trinajstić information content (AvgIpc) is 2.79. The van der Waals surface area contributed by atoms with Gasteiger partial charge in [0.2, 0.25) is 0 Å². The van der Waals surface area contributed by atoms with E-state index in [0.717, 1.165) is 30.4 Å².